The second kappa shape index (κ2) is 16.4. The molecule has 7 N–H and O–H groups in total. The van der Waals surface area contributed by atoms with Crippen LogP contribution in [0.5, 0.6) is 40.2 Å². The number of hydrogen-bond donors (Lipinski definition) is 7. The van der Waals surface area contributed by atoms with Crippen LogP contribution in [0.4, 0.5) is 0 Å². The summed E-state index contributed by atoms with van der Waals surface area (Å²) in [5.41, 5.74) is -0.122. The highest BCUT2D eigenvalue weighted by Gasteiger charge is 2.52. The minimum atomic E-state index is -1.63. The topological polar surface area (TPSA) is 250 Å². The van der Waals surface area contributed by atoms with Gasteiger partial charge in [-0.15, -0.1) is 0 Å². The monoisotopic (exact) mass is 770 g/mol. The number of carbonyl (C=O) groups excluding carboxylic acids is 2. The molecule has 3 aliphatic heterocycles. The summed E-state index contributed by atoms with van der Waals surface area (Å²) in [6.07, 6.45) is -8.25. The van der Waals surface area contributed by atoms with Crippen molar-refractivity contribution in [1.82, 2.24) is 0 Å². The predicted octanol–water partition coefficient (Wildman–Crippen LogP) is 1.36. The van der Waals surface area contributed by atoms with Gasteiger partial charge in [0.05, 0.1) is 40.5 Å². The summed E-state index contributed by atoms with van der Waals surface area (Å²) in [6, 6.07) is 11.6. The molecule has 3 heterocycles. The van der Waals surface area contributed by atoms with Gasteiger partial charge in [-0.3, -0.25) is 4.79 Å². The number of rotatable bonds is 12. The van der Waals surface area contributed by atoms with E-state index in [1.807, 2.05) is 0 Å². The Morgan fingerprint density at radius 2 is 1.64 bits per heavy atom. The van der Waals surface area contributed by atoms with Crippen LogP contribution < -0.4 is 23.7 Å². The molecule has 17 heteroatoms. The molecule has 55 heavy (non-hydrogen) atoms. The Hall–Kier alpha value is -4.98. The van der Waals surface area contributed by atoms with Gasteiger partial charge in [0, 0.05) is 23.6 Å². The molecule has 3 aromatic carbocycles. The molecule has 0 spiro atoms. The molecular formula is C38H42O17. The third-order valence-corrected chi connectivity index (χ3v) is 9.64. The van der Waals surface area contributed by atoms with Gasteiger partial charge in [0.25, 0.3) is 0 Å². The van der Waals surface area contributed by atoms with Gasteiger partial charge in [0.15, 0.2) is 29.7 Å². The molecule has 6 rings (SSSR count). The molecule has 17 nitrogen and oxygen atoms in total. The van der Waals surface area contributed by atoms with Crippen molar-refractivity contribution >= 4 is 17.8 Å². The molecule has 0 radical (unpaired) electrons. The Morgan fingerprint density at radius 1 is 0.945 bits per heavy atom. The number of phenolic OH excluding ortho intramolecular Hbond substituents is 2. The SMILES string of the molecule is COc1cc(/C=C/C(=O)Oc2cc(O)c3c(c2)O[C@H](c2ccc(O[C@@H]4O[C@H](CO)[C@@H](O)[C@H](O)[C@H]4O[C@@H]4OC[C@](C)(CO)[C@@H]4O)cc2)CC3=O)cc(OC)c1O. The summed E-state index contributed by atoms with van der Waals surface area (Å²) in [5.74, 6) is -1.57. The first kappa shape index (κ1) is 39.7. The minimum absolute atomic E-state index is 0.0202. The molecule has 0 aliphatic carbocycles. The van der Waals surface area contributed by atoms with Crippen LogP contribution in [0.3, 0.4) is 0 Å². The van der Waals surface area contributed by atoms with Crippen LogP contribution in [0.25, 0.3) is 6.08 Å². The van der Waals surface area contributed by atoms with Crippen molar-refractivity contribution in [2.24, 2.45) is 5.41 Å². The number of hydrogen-bond acceptors (Lipinski definition) is 17. The first-order valence-electron chi connectivity index (χ1n) is 17.2. The van der Waals surface area contributed by atoms with Crippen molar-refractivity contribution < 1.29 is 83.2 Å². The maximum absolute atomic E-state index is 13.2. The third-order valence-electron chi connectivity index (χ3n) is 9.64. The Morgan fingerprint density at radius 3 is 2.25 bits per heavy atom. The number of aliphatic hydroxyl groups excluding tert-OH is 5. The van der Waals surface area contributed by atoms with E-state index in [2.05, 4.69) is 0 Å². The largest absolute Gasteiger partial charge is 0.507 e. The molecule has 2 saturated heterocycles. The Balaban J connectivity index is 1.14. The van der Waals surface area contributed by atoms with E-state index >= 15 is 0 Å². The van der Waals surface area contributed by atoms with Gasteiger partial charge in [0.2, 0.25) is 12.0 Å². The molecule has 2 fully saturated rings. The highest BCUT2D eigenvalue weighted by molar-refractivity contribution is 6.03. The van der Waals surface area contributed by atoms with Crippen LogP contribution in [0.15, 0.2) is 54.6 Å². The zero-order valence-corrected chi connectivity index (χ0v) is 29.9. The molecule has 296 valence electrons. The van der Waals surface area contributed by atoms with Crippen molar-refractivity contribution in [2.75, 3.05) is 34.0 Å². The summed E-state index contributed by atoms with van der Waals surface area (Å²) >= 11 is 0. The van der Waals surface area contributed by atoms with Crippen LogP contribution in [-0.4, -0.2) is 125 Å². The fourth-order valence-corrected chi connectivity index (χ4v) is 6.36. The van der Waals surface area contributed by atoms with Crippen molar-refractivity contribution in [3.8, 4) is 40.2 Å². The van der Waals surface area contributed by atoms with Gasteiger partial charge in [-0.05, 0) is 41.5 Å². The van der Waals surface area contributed by atoms with Gasteiger partial charge in [-0.1, -0.05) is 19.1 Å². The van der Waals surface area contributed by atoms with Gasteiger partial charge in [-0.25, -0.2) is 4.79 Å². The van der Waals surface area contributed by atoms with Crippen molar-refractivity contribution in [3.63, 3.8) is 0 Å². The summed E-state index contributed by atoms with van der Waals surface area (Å²) in [5, 5.41) is 72.4. The lowest BCUT2D eigenvalue weighted by Gasteiger charge is -2.42. The number of ether oxygens (including phenoxy) is 8. The number of methoxy groups -OCH3 is 2. The fourth-order valence-electron chi connectivity index (χ4n) is 6.36. The summed E-state index contributed by atoms with van der Waals surface area (Å²) in [7, 11) is 2.73. The predicted molar refractivity (Wildman–Crippen MR) is 187 cm³/mol. The van der Waals surface area contributed by atoms with E-state index < -0.39 is 85.3 Å². The number of aromatic hydroxyl groups is 2. The van der Waals surface area contributed by atoms with Crippen LogP contribution in [-0.2, 0) is 19.0 Å². The normalized spacial score (nSPS) is 29.1. The van der Waals surface area contributed by atoms with Crippen molar-refractivity contribution in [1.29, 1.82) is 0 Å². The average Bonchev–Trinajstić information content (AvgIpc) is 3.46. The standard InChI is InChI=1S/C38H42O17/c1-38(16-40)17-50-37(35(38)47)55-34-33(46)32(45)28(15-39)54-36(34)52-20-7-5-19(6-8-20)24-14-23(42)30-22(41)12-21(13-25(30)53-24)51-29(43)9-4-18-10-26(48-2)31(44)27(11-18)49-3/h4-13,24,28,32-37,39-41,44-47H,14-17H2,1-3H3/b9-4+/t24-,28+,32+,33-,34+,35+,36+,37-,38-/m0/s1. The van der Waals surface area contributed by atoms with E-state index in [1.54, 1.807) is 19.1 Å². The number of Topliss-reactive ketones (excluding diaryl/α,β-unsaturated/α-hetero) is 1. The minimum Gasteiger partial charge on any atom is -0.507 e. The lowest BCUT2D eigenvalue weighted by molar-refractivity contribution is -0.318. The maximum atomic E-state index is 13.2. The van der Waals surface area contributed by atoms with Crippen LogP contribution in [0.2, 0.25) is 0 Å². The number of fused-ring (bicyclic) bond motifs is 1. The van der Waals surface area contributed by atoms with Crippen molar-refractivity contribution in [2.45, 2.75) is 62.5 Å². The van der Waals surface area contributed by atoms with E-state index in [0.29, 0.717) is 11.1 Å². The number of phenols is 2. The highest BCUT2D eigenvalue weighted by Crippen LogP contribution is 2.43. The Labute approximate surface area is 314 Å². The first-order chi connectivity index (χ1) is 26.3. The molecule has 0 bridgehead atoms. The molecule has 3 aromatic rings. The Bertz CT molecular complexity index is 1870. The number of carbonyl (C=O) groups is 2. The molecule has 9 atom stereocenters. The smallest absolute Gasteiger partial charge is 0.336 e. The van der Waals surface area contributed by atoms with Crippen LogP contribution >= 0.6 is 0 Å². The lowest BCUT2D eigenvalue weighted by Crippen LogP contribution is -2.62. The van der Waals surface area contributed by atoms with Gasteiger partial charge in [0.1, 0.15) is 59.1 Å². The molecule has 0 amide bonds. The average molecular weight is 771 g/mol. The summed E-state index contributed by atoms with van der Waals surface area (Å²) < 4.78 is 44.8. The highest BCUT2D eigenvalue weighted by atomic mass is 16.8. The van der Waals surface area contributed by atoms with E-state index in [1.165, 1.54) is 50.6 Å². The van der Waals surface area contributed by atoms with E-state index in [9.17, 15) is 45.3 Å². The van der Waals surface area contributed by atoms with Crippen molar-refractivity contribution in [3.05, 3.63) is 71.3 Å². The number of aliphatic hydroxyl groups is 5. The second-order valence-corrected chi connectivity index (χ2v) is 13.5. The lowest BCUT2D eigenvalue weighted by atomic mass is 9.88. The quantitative estimate of drug-likeness (QED) is 0.0780. The van der Waals surface area contributed by atoms with Gasteiger partial charge >= 0.3 is 5.97 Å². The molecule has 3 aliphatic rings. The summed E-state index contributed by atoms with van der Waals surface area (Å²) in [6.45, 7) is 0.505. The molecule has 0 unspecified atom stereocenters. The molecule has 0 saturated carbocycles. The van der Waals surface area contributed by atoms with Crippen LogP contribution in [0, 0.1) is 5.41 Å². The summed E-state index contributed by atoms with van der Waals surface area (Å²) in [4.78, 5) is 25.8. The zero-order valence-electron chi connectivity index (χ0n) is 29.9. The van der Waals surface area contributed by atoms with E-state index in [0.717, 1.165) is 12.1 Å². The van der Waals surface area contributed by atoms with Gasteiger partial charge in [-0.2, -0.15) is 0 Å². The van der Waals surface area contributed by atoms with E-state index in [4.69, 9.17) is 37.9 Å². The van der Waals surface area contributed by atoms with Gasteiger partial charge < -0.3 is 73.6 Å². The molecular weight excluding hydrogens is 728 g/mol. The number of benzene rings is 3. The second-order valence-electron chi connectivity index (χ2n) is 13.5. The third kappa shape index (κ3) is 8.19. The van der Waals surface area contributed by atoms with E-state index in [-0.39, 0.29) is 53.1 Å². The number of esters is 1. The zero-order chi connectivity index (χ0) is 39.6. The fraction of sp³-hybridized carbons (Fsp3) is 0.421. The van der Waals surface area contributed by atoms with Crippen LogP contribution in [0.1, 0.15) is 40.9 Å². The first-order valence-corrected chi connectivity index (χ1v) is 17.2. The Kier molecular flexibility index (Phi) is 11.8. The molecule has 0 aromatic heterocycles. The number of ketones is 1. The maximum Gasteiger partial charge on any atom is 0.336 e.